The normalized spacial score (nSPS) is 13.5. The summed E-state index contributed by atoms with van der Waals surface area (Å²) < 4.78 is 14.0. The first-order valence-electron chi connectivity index (χ1n) is 29.9. The lowest BCUT2D eigenvalue weighted by atomic mass is 9.33. The Labute approximate surface area is 504 Å². The van der Waals surface area contributed by atoms with Crippen LogP contribution in [-0.4, -0.2) is 13.4 Å². The first-order valence-corrected chi connectivity index (χ1v) is 29.9. The molecular formula is C78H49B2N5O2. The molecule has 0 saturated carbocycles. The van der Waals surface area contributed by atoms with Crippen molar-refractivity contribution in [2.75, 3.05) is 24.5 Å². The minimum atomic E-state index is -0.118. The second-order valence-corrected chi connectivity index (χ2v) is 23.1. The first kappa shape index (κ1) is 48.0. The molecule has 87 heavy (non-hydrogen) atoms. The SMILES string of the molecule is c1ccc(N(c2ccccc2)c2ccc3c(c2)N(c2ccccc2)c2cc(-c4ccc5oc6cc7c(cc6c5c4)B4c5ccccc5N(c5ccccc5)c5cccc(c54)N7c4ccccc4)cc4c2B3c2cccc3c2N4c2ccccc2O3)cc1. The van der Waals surface area contributed by atoms with E-state index in [0.717, 1.165) is 119 Å². The summed E-state index contributed by atoms with van der Waals surface area (Å²) >= 11 is 0. The second kappa shape index (κ2) is 18.5. The number of fused-ring (bicyclic) bond motifs is 13. The highest BCUT2D eigenvalue weighted by Crippen LogP contribution is 2.55. The number of benzene rings is 13. The van der Waals surface area contributed by atoms with Crippen molar-refractivity contribution >= 4 is 153 Å². The van der Waals surface area contributed by atoms with E-state index in [1.807, 2.05) is 0 Å². The van der Waals surface area contributed by atoms with Gasteiger partial charge in [0.1, 0.15) is 11.2 Å². The van der Waals surface area contributed by atoms with Gasteiger partial charge in [0.15, 0.2) is 11.5 Å². The Morgan fingerprint density at radius 2 is 0.770 bits per heavy atom. The van der Waals surface area contributed by atoms with Crippen LogP contribution in [0.5, 0.6) is 11.5 Å². The van der Waals surface area contributed by atoms with Crippen LogP contribution in [0, 0.1) is 0 Å². The quantitative estimate of drug-likeness (QED) is 0.147. The van der Waals surface area contributed by atoms with Gasteiger partial charge in [-0.1, -0.05) is 158 Å². The molecular weight excluding hydrogens is 1060 g/mol. The fourth-order valence-corrected chi connectivity index (χ4v) is 15.0. The molecule has 14 aromatic rings. The Morgan fingerprint density at radius 3 is 1.46 bits per heavy atom. The second-order valence-electron chi connectivity index (χ2n) is 23.1. The standard InChI is InChI=1S/C78H49B2N5O2/c1-6-22-52(23-7-1)81(53-24-8-2-9-25-53)57-41-42-61-68(47-57)84(56-30-14-5-15-31-56)70-45-51(46-71-77(70)79(61)62-33-20-39-74-78(62)85(71)65-35-18-19-38-73(65)87-74)50-40-43-72-58(44-50)59-48-63-69(49-75(59)86-72)83(55-28-12-4-13-29-55)67-37-21-36-66-76(67)80(63)60-32-16-17-34-64(60)82(66)54-26-10-3-11-27-54/h1-49H. The smallest absolute Gasteiger partial charge is 0.252 e. The van der Waals surface area contributed by atoms with Crippen molar-refractivity contribution in [2.45, 2.75) is 0 Å². The maximum absolute atomic E-state index is 7.06. The highest BCUT2D eigenvalue weighted by atomic mass is 16.5. The number of nitrogens with zero attached hydrogens (tertiary/aromatic N) is 5. The maximum Gasteiger partial charge on any atom is 0.252 e. The third-order valence-electron chi connectivity index (χ3n) is 18.5. The molecule has 0 spiro atoms. The molecule has 9 heteroatoms. The summed E-state index contributed by atoms with van der Waals surface area (Å²) in [6, 6.07) is 108. The third-order valence-corrected chi connectivity index (χ3v) is 18.5. The maximum atomic E-state index is 7.06. The van der Waals surface area contributed by atoms with Gasteiger partial charge in [-0.15, -0.1) is 0 Å². The molecule has 0 radical (unpaired) electrons. The Morgan fingerprint density at radius 1 is 0.276 bits per heavy atom. The predicted molar refractivity (Wildman–Crippen MR) is 362 cm³/mol. The van der Waals surface area contributed by atoms with Crippen LogP contribution in [0.25, 0.3) is 33.1 Å². The molecule has 6 heterocycles. The van der Waals surface area contributed by atoms with E-state index >= 15 is 0 Å². The molecule has 1 aromatic heterocycles. The van der Waals surface area contributed by atoms with E-state index in [1.54, 1.807) is 0 Å². The molecule has 0 saturated heterocycles. The number of rotatable bonds is 7. The molecule has 0 fully saturated rings. The van der Waals surface area contributed by atoms with Crippen molar-refractivity contribution in [3.8, 4) is 22.6 Å². The molecule has 404 valence electrons. The molecule has 0 amide bonds. The van der Waals surface area contributed by atoms with Crippen LogP contribution in [0.2, 0.25) is 0 Å². The van der Waals surface area contributed by atoms with Gasteiger partial charge < -0.3 is 33.7 Å². The zero-order chi connectivity index (χ0) is 56.8. The van der Waals surface area contributed by atoms with Gasteiger partial charge in [0.2, 0.25) is 0 Å². The van der Waals surface area contributed by atoms with Gasteiger partial charge in [-0.3, -0.25) is 0 Å². The Kier molecular flexibility index (Phi) is 10.2. The number of ether oxygens (including phenoxy) is 1. The zero-order valence-corrected chi connectivity index (χ0v) is 47.0. The summed E-state index contributed by atoms with van der Waals surface area (Å²) in [7, 11) is 0. The molecule has 7 nitrogen and oxygen atoms in total. The van der Waals surface area contributed by atoms with Crippen molar-refractivity contribution in [1.82, 2.24) is 0 Å². The minimum Gasteiger partial charge on any atom is -0.456 e. The van der Waals surface area contributed by atoms with Gasteiger partial charge in [-0.25, -0.2) is 0 Å². The highest BCUT2D eigenvalue weighted by Gasteiger charge is 2.47. The van der Waals surface area contributed by atoms with E-state index in [2.05, 4.69) is 322 Å². The van der Waals surface area contributed by atoms with Gasteiger partial charge in [0.25, 0.3) is 13.4 Å². The fourth-order valence-electron chi connectivity index (χ4n) is 15.0. The lowest BCUT2D eigenvalue weighted by Gasteiger charge is -2.46. The molecule has 0 aliphatic carbocycles. The van der Waals surface area contributed by atoms with Crippen LogP contribution in [0.1, 0.15) is 0 Å². The van der Waals surface area contributed by atoms with Crippen LogP contribution in [-0.2, 0) is 0 Å². The van der Waals surface area contributed by atoms with Gasteiger partial charge in [-0.05, 0) is 177 Å². The van der Waals surface area contributed by atoms with Gasteiger partial charge in [0.05, 0.1) is 11.4 Å². The van der Waals surface area contributed by atoms with E-state index in [1.165, 1.54) is 44.2 Å². The summed E-state index contributed by atoms with van der Waals surface area (Å²) in [4.78, 5) is 12.2. The highest BCUT2D eigenvalue weighted by molar-refractivity contribution is 7.01. The van der Waals surface area contributed by atoms with E-state index in [0.29, 0.717) is 0 Å². The average Bonchev–Trinajstić information content (AvgIpc) is 1.09. The summed E-state index contributed by atoms with van der Waals surface area (Å²) in [6.07, 6.45) is 0. The van der Waals surface area contributed by atoms with E-state index in [-0.39, 0.29) is 13.4 Å². The van der Waals surface area contributed by atoms with Gasteiger partial charge >= 0.3 is 0 Å². The van der Waals surface area contributed by atoms with Crippen molar-refractivity contribution < 1.29 is 9.15 Å². The summed E-state index contributed by atoms with van der Waals surface area (Å²) in [5.74, 6) is 1.67. The van der Waals surface area contributed by atoms with Crippen molar-refractivity contribution in [1.29, 1.82) is 0 Å². The summed E-state index contributed by atoms with van der Waals surface area (Å²) in [6.45, 7) is -0.169. The third kappa shape index (κ3) is 7.02. The molecule has 0 atom stereocenters. The predicted octanol–water partition coefficient (Wildman–Crippen LogP) is 17.0. The van der Waals surface area contributed by atoms with E-state index in [4.69, 9.17) is 9.15 Å². The summed E-state index contributed by atoms with van der Waals surface area (Å²) in [5.41, 5.74) is 27.9. The van der Waals surface area contributed by atoms with Crippen LogP contribution < -0.4 is 62.0 Å². The Hall–Kier alpha value is -11.4. The topological polar surface area (TPSA) is 38.6 Å². The Balaban J connectivity index is 0.846. The lowest BCUT2D eigenvalue weighted by molar-refractivity contribution is 0.477. The number of hydrogen-bond acceptors (Lipinski definition) is 7. The largest absolute Gasteiger partial charge is 0.456 e. The molecule has 5 aliphatic rings. The number of anilines is 15. The molecule has 19 rings (SSSR count). The average molecular weight is 1110 g/mol. The van der Waals surface area contributed by atoms with Crippen LogP contribution in [0.3, 0.4) is 0 Å². The van der Waals surface area contributed by atoms with Crippen molar-refractivity contribution in [2.24, 2.45) is 0 Å². The molecule has 5 aliphatic heterocycles. The zero-order valence-electron chi connectivity index (χ0n) is 47.0. The first-order chi connectivity index (χ1) is 43.2. The molecule has 13 aromatic carbocycles. The molecule has 0 unspecified atom stereocenters. The number of hydrogen-bond donors (Lipinski definition) is 0. The number of para-hydroxylation sites is 9. The van der Waals surface area contributed by atoms with Crippen LogP contribution >= 0.6 is 0 Å². The fraction of sp³-hybridized carbons (Fsp3) is 0. The molecule has 0 N–H and O–H groups in total. The summed E-state index contributed by atoms with van der Waals surface area (Å²) in [5, 5.41) is 2.15. The Bertz CT molecular complexity index is 5100. The van der Waals surface area contributed by atoms with Crippen LogP contribution in [0.4, 0.5) is 85.3 Å². The van der Waals surface area contributed by atoms with Gasteiger partial charge in [0, 0.05) is 90.8 Å². The van der Waals surface area contributed by atoms with Gasteiger partial charge in [-0.2, -0.15) is 0 Å². The van der Waals surface area contributed by atoms with E-state index in [9.17, 15) is 0 Å². The van der Waals surface area contributed by atoms with Crippen molar-refractivity contribution in [3.63, 3.8) is 0 Å². The molecule has 0 bridgehead atoms. The van der Waals surface area contributed by atoms with Crippen molar-refractivity contribution in [3.05, 3.63) is 297 Å². The van der Waals surface area contributed by atoms with Crippen LogP contribution in [0.15, 0.2) is 302 Å². The number of furan rings is 1. The minimum absolute atomic E-state index is 0.0504. The monoisotopic (exact) mass is 1110 g/mol. The lowest BCUT2D eigenvalue weighted by Crippen LogP contribution is -2.61. The van der Waals surface area contributed by atoms with E-state index < -0.39 is 0 Å².